The molecule has 4 aromatic carbocycles. The number of nitrogens with two attached hydrogens (primary N) is 1. The zero-order chi connectivity index (χ0) is 30.1. The molecule has 7 nitrogen and oxygen atoms in total. The summed E-state index contributed by atoms with van der Waals surface area (Å²) < 4.78 is 44.4. The van der Waals surface area contributed by atoms with Crippen molar-refractivity contribution in [3.05, 3.63) is 107 Å². The van der Waals surface area contributed by atoms with Gasteiger partial charge in [0.15, 0.2) is 0 Å². The fourth-order valence-corrected chi connectivity index (χ4v) is 4.33. The van der Waals surface area contributed by atoms with Crippen LogP contribution in [-0.2, 0) is 28.9 Å². The highest BCUT2D eigenvalue weighted by Gasteiger charge is 2.30. The molecule has 0 aliphatic carbocycles. The maximum Gasteiger partial charge on any atom is 0.416 e. The number of benzene rings is 4. The van der Waals surface area contributed by atoms with Crippen LogP contribution >= 0.6 is 0 Å². The lowest BCUT2D eigenvalue weighted by atomic mass is 10.1. The van der Waals surface area contributed by atoms with E-state index in [0.29, 0.717) is 42.5 Å². The molecule has 0 bridgehead atoms. The molecule has 0 aromatic heterocycles. The topological polar surface area (TPSA) is 111 Å². The van der Waals surface area contributed by atoms with E-state index in [9.17, 15) is 27.6 Å². The molecule has 0 aliphatic rings. The highest BCUT2D eigenvalue weighted by molar-refractivity contribution is 6.00. The summed E-state index contributed by atoms with van der Waals surface area (Å²) in [7, 11) is 0. The number of hydrogen-bond donors (Lipinski definition) is 3. The van der Waals surface area contributed by atoms with Crippen molar-refractivity contribution in [1.29, 1.82) is 0 Å². The van der Waals surface area contributed by atoms with E-state index in [-0.39, 0.29) is 36.4 Å². The molecule has 4 rings (SSSR count). The molecule has 218 valence electrons. The molecule has 0 heterocycles. The van der Waals surface area contributed by atoms with Gasteiger partial charge in [-0.05, 0) is 77.9 Å². The van der Waals surface area contributed by atoms with E-state index in [2.05, 4.69) is 10.6 Å². The van der Waals surface area contributed by atoms with Gasteiger partial charge >= 0.3 is 6.18 Å². The van der Waals surface area contributed by atoms with E-state index < -0.39 is 11.7 Å². The summed E-state index contributed by atoms with van der Waals surface area (Å²) in [5.74, 6) is -0.0466. The first-order valence-electron chi connectivity index (χ1n) is 13.4. The summed E-state index contributed by atoms with van der Waals surface area (Å²) >= 11 is 0. The second-order valence-corrected chi connectivity index (χ2v) is 9.77. The predicted molar refractivity (Wildman–Crippen MR) is 153 cm³/mol. The number of carbonyl (C=O) groups is 3. The summed E-state index contributed by atoms with van der Waals surface area (Å²) in [6.45, 7) is 0.626. The highest BCUT2D eigenvalue weighted by Crippen LogP contribution is 2.33. The van der Waals surface area contributed by atoms with Gasteiger partial charge in [0, 0.05) is 36.9 Å². The summed E-state index contributed by atoms with van der Waals surface area (Å²) in [6, 6.07) is 22.4. The van der Waals surface area contributed by atoms with Gasteiger partial charge in [-0.1, -0.05) is 36.4 Å². The Morgan fingerprint density at radius 3 is 2.12 bits per heavy atom. The fraction of sp³-hybridized carbons (Fsp3) is 0.219. The lowest BCUT2D eigenvalue weighted by Gasteiger charge is -2.12. The smallest absolute Gasteiger partial charge is 0.416 e. The maximum atomic E-state index is 12.9. The Hall–Kier alpha value is -4.86. The number of nitrogens with one attached hydrogen (secondary N) is 2. The van der Waals surface area contributed by atoms with Crippen LogP contribution in [0.4, 0.5) is 13.2 Å². The van der Waals surface area contributed by atoms with Gasteiger partial charge in [-0.25, -0.2) is 0 Å². The largest absolute Gasteiger partial charge is 0.457 e. The number of hydrogen-bond acceptors (Lipinski definition) is 4. The van der Waals surface area contributed by atoms with Crippen molar-refractivity contribution < 1.29 is 32.3 Å². The Morgan fingerprint density at radius 1 is 0.762 bits per heavy atom. The van der Waals surface area contributed by atoms with Gasteiger partial charge in [0.05, 0.1) is 5.56 Å². The Balaban J connectivity index is 1.33. The van der Waals surface area contributed by atoms with Crippen molar-refractivity contribution in [2.75, 3.05) is 0 Å². The third-order valence-electron chi connectivity index (χ3n) is 6.52. The summed E-state index contributed by atoms with van der Waals surface area (Å²) in [6.07, 6.45) is -2.68. The van der Waals surface area contributed by atoms with Crippen LogP contribution < -0.4 is 21.1 Å². The average Bonchev–Trinajstić information content (AvgIpc) is 2.97. The number of carbonyl (C=O) groups excluding carboxylic acids is 3. The molecule has 0 radical (unpaired) electrons. The number of primary amides is 1. The fourth-order valence-electron chi connectivity index (χ4n) is 4.33. The van der Waals surface area contributed by atoms with Crippen LogP contribution in [0.15, 0.2) is 84.9 Å². The molecule has 0 fully saturated rings. The Kier molecular flexibility index (Phi) is 9.80. The third kappa shape index (κ3) is 8.57. The zero-order valence-corrected chi connectivity index (χ0v) is 22.7. The molecule has 0 atom stereocenters. The summed E-state index contributed by atoms with van der Waals surface area (Å²) in [4.78, 5) is 35.7. The van der Waals surface area contributed by atoms with Crippen molar-refractivity contribution in [3.63, 3.8) is 0 Å². The Morgan fingerprint density at radius 2 is 1.43 bits per heavy atom. The van der Waals surface area contributed by atoms with Gasteiger partial charge in [0.2, 0.25) is 11.8 Å². The van der Waals surface area contributed by atoms with Crippen LogP contribution in [0.3, 0.4) is 0 Å². The van der Waals surface area contributed by atoms with Gasteiger partial charge in [0.1, 0.15) is 11.5 Å². The monoisotopic (exact) mass is 577 g/mol. The van der Waals surface area contributed by atoms with E-state index in [1.807, 2.05) is 30.3 Å². The Bertz CT molecular complexity index is 1570. The minimum Gasteiger partial charge on any atom is -0.457 e. The lowest BCUT2D eigenvalue weighted by Crippen LogP contribution is -2.24. The molecule has 42 heavy (non-hydrogen) atoms. The number of unbranched alkanes of at least 4 members (excludes halogenated alkanes) is 1. The van der Waals surface area contributed by atoms with Gasteiger partial charge in [0.25, 0.3) is 5.91 Å². The molecule has 0 saturated carbocycles. The van der Waals surface area contributed by atoms with Gasteiger partial charge in [-0.2, -0.15) is 13.2 Å². The number of amides is 3. The van der Waals surface area contributed by atoms with Crippen molar-refractivity contribution in [3.8, 4) is 11.5 Å². The Labute approximate surface area is 240 Å². The van der Waals surface area contributed by atoms with Crippen LogP contribution in [0.2, 0.25) is 0 Å². The number of halogens is 3. The first-order chi connectivity index (χ1) is 20.1. The maximum absolute atomic E-state index is 12.9. The molecule has 0 saturated heterocycles. The van der Waals surface area contributed by atoms with Crippen molar-refractivity contribution in [2.45, 2.75) is 44.9 Å². The number of ether oxygens (including phenoxy) is 1. The summed E-state index contributed by atoms with van der Waals surface area (Å²) in [5, 5.41) is 7.19. The zero-order valence-electron chi connectivity index (χ0n) is 22.7. The second kappa shape index (κ2) is 13.7. The molecule has 4 N–H and O–H groups in total. The van der Waals surface area contributed by atoms with E-state index in [1.54, 1.807) is 30.3 Å². The molecule has 0 unspecified atom stereocenters. The SMILES string of the molecule is NC(=O)CCCCC(=O)NCc1cccc(CNC(=O)c2ccc3c(Oc4ccc(C(F)(F)F)cc4)cccc3c2)c1. The molecule has 10 heteroatoms. The average molecular weight is 578 g/mol. The quantitative estimate of drug-likeness (QED) is 0.173. The van der Waals surface area contributed by atoms with Crippen LogP contribution in [0, 0.1) is 0 Å². The predicted octanol–water partition coefficient (Wildman–Crippen LogP) is 6.24. The van der Waals surface area contributed by atoms with E-state index >= 15 is 0 Å². The third-order valence-corrected chi connectivity index (χ3v) is 6.52. The van der Waals surface area contributed by atoms with Crippen molar-refractivity contribution in [1.82, 2.24) is 10.6 Å². The van der Waals surface area contributed by atoms with E-state index in [0.717, 1.165) is 28.6 Å². The van der Waals surface area contributed by atoms with Crippen molar-refractivity contribution >= 4 is 28.5 Å². The minimum atomic E-state index is -4.43. The van der Waals surface area contributed by atoms with Crippen LogP contribution in [0.1, 0.15) is 52.7 Å². The van der Waals surface area contributed by atoms with Gasteiger partial charge < -0.3 is 21.1 Å². The molecule has 3 amide bonds. The summed E-state index contributed by atoms with van der Waals surface area (Å²) in [5.41, 5.74) is 6.54. The number of rotatable bonds is 12. The first kappa shape index (κ1) is 30.1. The lowest BCUT2D eigenvalue weighted by molar-refractivity contribution is -0.137. The van der Waals surface area contributed by atoms with Crippen molar-refractivity contribution in [2.24, 2.45) is 5.73 Å². The second-order valence-electron chi connectivity index (χ2n) is 9.77. The highest BCUT2D eigenvalue weighted by atomic mass is 19.4. The van der Waals surface area contributed by atoms with E-state index in [4.69, 9.17) is 10.5 Å². The minimum absolute atomic E-state index is 0.109. The van der Waals surface area contributed by atoms with Crippen LogP contribution in [0.5, 0.6) is 11.5 Å². The van der Waals surface area contributed by atoms with Crippen LogP contribution in [0.25, 0.3) is 10.8 Å². The normalized spacial score (nSPS) is 11.2. The molecule has 0 aliphatic heterocycles. The van der Waals surface area contributed by atoms with E-state index in [1.165, 1.54) is 12.1 Å². The molecular formula is C32H30F3N3O4. The van der Waals surface area contributed by atoms with Crippen LogP contribution in [-0.4, -0.2) is 17.7 Å². The molecule has 4 aromatic rings. The van der Waals surface area contributed by atoms with Gasteiger partial charge in [-0.15, -0.1) is 0 Å². The molecular weight excluding hydrogens is 547 g/mol. The first-order valence-corrected chi connectivity index (χ1v) is 13.4. The number of alkyl halides is 3. The van der Waals surface area contributed by atoms with Gasteiger partial charge in [-0.3, -0.25) is 14.4 Å². The number of fused-ring (bicyclic) bond motifs is 1. The molecule has 0 spiro atoms. The standard InChI is InChI=1S/C32H30F3N3O4/c33-32(34,35)25-12-14-26(15-13-25)42-28-8-4-7-23-18-24(11-16-27(23)28)31(41)38-20-22-6-3-5-21(17-22)19-37-30(40)10-2-1-9-29(36)39/h3-8,11-18H,1-2,9-10,19-20H2,(H2,36,39)(H,37,40)(H,38,41).